The Morgan fingerprint density at radius 2 is 1.04 bits per heavy atom. The zero-order valence-electron chi connectivity index (χ0n) is 25.5. The van der Waals surface area contributed by atoms with Crippen LogP contribution in [0.4, 0.5) is 34.1 Å². The fourth-order valence-corrected chi connectivity index (χ4v) is 8.48. The van der Waals surface area contributed by atoms with Gasteiger partial charge >= 0.3 is 0 Å². The van der Waals surface area contributed by atoms with Crippen molar-refractivity contribution < 1.29 is 70.0 Å². The van der Waals surface area contributed by atoms with Gasteiger partial charge in [-0.3, -0.25) is 22.8 Å². The van der Waals surface area contributed by atoms with Crippen LogP contribution in [0.1, 0.15) is 0 Å². The van der Waals surface area contributed by atoms with Gasteiger partial charge in [-0.15, -0.1) is 20.5 Å². The van der Waals surface area contributed by atoms with Crippen molar-refractivity contribution in [1.29, 1.82) is 0 Å². The molecule has 0 saturated heterocycles. The minimum Gasteiger partial charge on any atom is -0.505 e. The van der Waals surface area contributed by atoms with E-state index in [-0.39, 0.29) is 11.5 Å². The summed E-state index contributed by atoms with van der Waals surface area (Å²) in [5.41, 5.74) is 6.50. The monoisotopic (exact) mass is 832 g/mol. The topological polar surface area (TPSA) is 394 Å². The summed E-state index contributed by atoms with van der Waals surface area (Å²) in [6, 6.07) is 9.83. The molecular weight excluding hydrogens is 813 g/mol. The number of phenolic OH excluding ortho intramolecular Hbond substituents is 1. The second-order valence-corrected chi connectivity index (χ2v) is 17.5. The van der Waals surface area contributed by atoms with Crippen molar-refractivity contribution in [3.8, 4) is 5.75 Å². The first-order valence-electron chi connectivity index (χ1n) is 13.5. The van der Waals surface area contributed by atoms with Gasteiger partial charge in [-0.25, -0.2) is 0 Å². The van der Waals surface area contributed by atoms with Crippen molar-refractivity contribution in [2.75, 3.05) is 11.5 Å². The molecule has 0 aromatic heterocycles. The molecule has 0 heterocycles. The molecule has 22 nitrogen and oxygen atoms in total. The van der Waals surface area contributed by atoms with Crippen molar-refractivity contribution in [2.24, 2.45) is 20.5 Å². The summed E-state index contributed by atoms with van der Waals surface area (Å²) < 4.78 is 171. The van der Waals surface area contributed by atoms with Crippen LogP contribution in [0.2, 0.25) is 0 Å². The quantitative estimate of drug-likeness (QED) is 0.0592. The van der Waals surface area contributed by atoms with Crippen molar-refractivity contribution >= 4 is 106 Å². The normalized spacial score (nSPS) is 13.5. The fraction of sp³-hybridized carbons (Fsp3) is 0. The number of nitrogen functional groups attached to an aromatic ring is 2. The third kappa shape index (κ3) is 7.64. The Morgan fingerprint density at radius 1 is 0.491 bits per heavy atom. The van der Waals surface area contributed by atoms with E-state index in [9.17, 15) is 70.0 Å². The first-order chi connectivity index (χ1) is 24.2. The Kier molecular flexibility index (Phi) is 9.57. The molecule has 0 bridgehead atoms. The van der Waals surface area contributed by atoms with Crippen LogP contribution in [0.15, 0.2) is 106 Å². The molecule has 0 aliphatic heterocycles. The van der Waals surface area contributed by atoms with Crippen LogP contribution in [0.3, 0.4) is 0 Å². The van der Waals surface area contributed by atoms with Crippen LogP contribution < -0.4 is 11.5 Å². The molecule has 10 N–H and O–H groups in total. The van der Waals surface area contributed by atoms with Crippen molar-refractivity contribution in [3.63, 3.8) is 0 Å². The number of fused-ring (bicyclic) bond motifs is 2. The highest BCUT2D eigenvalue weighted by Crippen LogP contribution is 2.49. The molecule has 27 heteroatoms. The maximum Gasteiger partial charge on any atom is 0.297 e. The van der Waals surface area contributed by atoms with E-state index in [2.05, 4.69) is 20.5 Å². The predicted octanol–water partition coefficient (Wildman–Crippen LogP) is 3.93. The highest BCUT2D eigenvalue weighted by Gasteiger charge is 2.30. The smallest absolute Gasteiger partial charge is 0.297 e. The second-order valence-electron chi connectivity index (χ2n) is 10.6. The summed E-state index contributed by atoms with van der Waals surface area (Å²) >= 11 is 0. The minimum absolute atomic E-state index is 0.00603. The number of nitrogens with two attached hydrogens (primary N) is 2. The molecule has 0 amide bonds. The molecule has 53 heavy (non-hydrogen) atoms. The number of hydrogen-bond donors (Lipinski definition) is 8. The van der Waals surface area contributed by atoms with E-state index in [4.69, 9.17) is 11.5 Å². The number of anilines is 2. The molecule has 0 spiro atoms. The summed E-state index contributed by atoms with van der Waals surface area (Å²) in [6.45, 7) is 0. The third-order valence-electron chi connectivity index (χ3n) is 7.16. The number of azo groups is 2. The number of phenols is 1. The van der Waals surface area contributed by atoms with Gasteiger partial charge in [0.15, 0.2) is 5.75 Å². The van der Waals surface area contributed by atoms with E-state index in [1.807, 2.05) is 0 Å². The molecule has 0 atom stereocenters. The highest BCUT2D eigenvalue weighted by molar-refractivity contribution is 7.87. The lowest BCUT2D eigenvalue weighted by molar-refractivity contribution is 0.471. The van der Waals surface area contributed by atoms with Crippen LogP contribution in [0.25, 0.3) is 21.5 Å². The van der Waals surface area contributed by atoms with Gasteiger partial charge in [0.2, 0.25) is 0 Å². The lowest BCUT2D eigenvalue weighted by atomic mass is 10.0. The molecule has 280 valence electrons. The lowest BCUT2D eigenvalue weighted by Gasteiger charge is -2.14. The molecule has 0 aliphatic rings. The Morgan fingerprint density at radius 3 is 1.60 bits per heavy atom. The molecule has 5 rings (SSSR count). The summed E-state index contributed by atoms with van der Waals surface area (Å²) in [5.74, 6) is -1.43. The number of rotatable bonds is 9. The van der Waals surface area contributed by atoms with Crippen LogP contribution in [0, 0.1) is 0 Å². The zero-order valence-corrected chi connectivity index (χ0v) is 29.6. The van der Waals surface area contributed by atoms with E-state index in [0.29, 0.717) is 23.6 Å². The molecule has 0 unspecified atom stereocenters. The molecule has 0 fully saturated rings. The Labute approximate surface area is 297 Å². The predicted molar refractivity (Wildman–Crippen MR) is 182 cm³/mol. The van der Waals surface area contributed by atoms with E-state index in [1.54, 1.807) is 6.07 Å². The second kappa shape index (κ2) is 13.0. The highest BCUT2D eigenvalue weighted by atomic mass is 32.2. The fourth-order valence-electron chi connectivity index (χ4n) is 4.97. The van der Waals surface area contributed by atoms with Crippen molar-refractivity contribution in [1.82, 2.24) is 0 Å². The Hall–Kier alpha value is -5.23. The van der Waals surface area contributed by atoms with Gasteiger partial charge in [0.05, 0.1) is 16.8 Å². The SMILES string of the molecule is Nc1cc(/N=N/c2c(S(=O)(=O)O)cc3c(S(=O)(=O)O)cc(/N=N/c4ccc5ccccc5c4S(=O)(=O)O)c(N)c3c2O)c(S(=O)(=O)O)cc1S(=O)(=O)O. The summed E-state index contributed by atoms with van der Waals surface area (Å²) in [5, 5.41) is 24.1. The van der Waals surface area contributed by atoms with E-state index in [0.717, 1.165) is 6.07 Å². The number of aromatic hydroxyl groups is 1. The van der Waals surface area contributed by atoms with Crippen LogP contribution in [-0.4, -0.2) is 70.0 Å². The number of hydrogen-bond acceptors (Lipinski definition) is 17. The van der Waals surface area contributed by atoms with E-state index in [1.165, 1.54) is 24.3 Å². The first kappa shape index (κ1) is 39.0. The molecule has 5 aromatic rings. The zero-order chi connectivity index (χ0) is 39.6. The van der Waals surface area contributed by atoms with Gasteiger partial charge in [-0.2, -0.15) is 42.1 Å². The number of benzene rings is 5. The van der Waals surface area contributed by atoms with Gasteiger partial charge in [0, 0.05) is 10.8 Å². The van der Waals surface area contributed by atoms with Crippen LogP contribution in [-0.2, 0) is 50.6 Å². The first-order valence-corrected chi connectivity index (χ1v) is 20.7. The van der Waals surface area contributed by atoms with Gasteiger partial charge in [-0.05, 0) is 35.7 Å². The minimum atomic E-state index is -5.55. The average Bonchev–Trinajstić information content (AvgIpc) is 3.00. The van der Waals surface area contributed by atoms with E-state index < -0.39 is 126 Å². The van der Waals surface area contributed by atoms with Crippen molar-refractivity contribution in [2.45, 2.75) is 24.5 Å². The average molecular weight is 833 g/mol. The van der Waals surface area contributed by atoms with Crippen LogP contribution in [0.5, 0.6) is 5.75 Å². The van der Waals surface area contributed by atoms with Gasteiger partial charge in [-0.1, -0.05) is 30.3 Å². The molecule has 0 aliphatic carbocycles. The molecule has 0 saturated carbocycles. The summed E-state index contributed by atoms with van der Waals surface area (Å²) in [6.07, 6.45) is 0. The van der Waals surface area contributed by atoms with Gasteiger partial charge in [0.25, 0.3) is 50.6 Å². The summed E-state index contributed by atoms with van der Waals surface area (Å²) in [4.78, 5) is -5.96. The van der Waals surface area contributed by atoms with E-state index >= 15 is 0 Å². The Bertz CT molecular complexity index is 3060. The third-order valence-corrected chi connectivity index (χ3v) is 11.7. The maximum absolute atomic E-state index is 12.5. The van der Waals surface area contributed by atoms with Crippen LogP contribution >= 0.6 is 0 Å². The Balaban J connectivity index is 1.84. The molecule has 5 aromatic carbocycles. The molecule has 0 radical (unpaired) electrons. The standard InChI is InChI=1S/C26H20N6O16S5/c27-14-8-16(20(51(40,41)42)10-19(14)50(37,38)39)30-32-24-21(52(43,44)45)7-13-18(49(34,35)36)9-17(23(28)22(13)25(24)33)31-29-15-6-5-11-3-1-2-4-12(11)26(15)53(46,47)48/h1-10,33H,27-28H2,(H,34,35,36)(H,37,38,39)(H,40,41,42)(H,43,44,45)(H,46,47,48)/b31-29+,32-30+. The largest absolute Gasteiger partial charge is 0.505 e. The summed E-state index contributed by atoms with van der Waals surface area (Å²) in [7, 11) is -26.6. The lowest BCUT2D eigenvalue weighted by Crippen LogP contribution is -2.07. The van der Waals surface area contributed by atoms with Crippen molar-refractivity contribution in [3.05, 3.63) is 60.7 Å². The van der Waals surface area contributed by atoms with Gasteiger partial charge < -0.3 is 16.6 Å². The maximum atomic E-state index is 12.5. The van der Waals surface area contributed by atoms with Gasteiger partial charge in [0.1, 0.15) is 47.2 Å². The molecular formula is C26H20N6O16S5. The number of nitrogens with zero attached hydrogens (tertiary/aromatic N) is 4.